The summed E-state index contributed by atoms with van der Waals surface area (Å²) < 4.78 is 5.46. The lowest BCUT2D eigenvalue weighted by atomic mass is 10.1. The second kappa shape index (κ2) is 9.03. The first-order valence-corrected chi connectivity index (χ1v) is 7.95. The quantitative estimate of drug-likeness (QED) is 0.724. The highest BCUT2D eigenvalue weighted by Gasteiger charge is 2.15. The van der Waals surface area contributed by atoms with Gasteiger partial charge < -0.3 is 15.4 Å². The molecule has 1 atom stereocenters. The number of rotatable bonds is 8. The molecule has 0 spiro atoms. The van der Waals surface area contributed by atoms with Gasteiger partial charge in [0.05, 0.1) is 6.10 Å². The largest absolute Gasteiger partial charge is 0.376 e. The molecule has 1 heterocycles. The van der Waals surface area contributed by atoms with Crippen LogP contribution < -0.4 is 10.6 Å². The summed E-state index contributed by atoms with van der Waals surface area (Å²) in [5.74, 6) is 0.0840. The number of hydrogen-bond acceptors (Lipinski definition) is 3. The number of nitrogens with one attached hydrogen (secondary N) is 2. The van der Waals surface area contributed by atoms with E-state index in [0.29, 0.717) is 19.5 Å². The first-order valence-electron chi connectivity index (χ1n) is 7.57. The first-order chi connectivity index (χ1) is 10.2. The highest BCUT2D eigenvalue weighted by atomic mass is 35.5. The third-order valence-corrected chi connectivity index (χ3v) is 3.79. The van der Waals surface area contributed by atoms with Gasteiger partial charge in [0.2, 0.25) is 5.91 Å². The van der Waals surface area contributed by atoms with E-state index in [9.17, 15) is 4.79 Å². The Kier molecular flexibility index (Phi) is 7.00. The second-order valence-electron chi connectivity index (χ2n) is 5.32. The molecule has 21 heavy (non-hydrogen) atoms. The first kappa shape index (κ1) is 16.3. The van der Waals surface area contributed by atoms with E-state index >= 15 is 0 Å². The minimum absolute atomic E-state index is 0.0840. The van der Waals surface area contributed by atoms with Crippen molar-refractivity contribution in [2.24, 2.45) is 0 Å². The molecule has 2 N–H and O–H groups in total. The molecule has 0 aromatic heterocycles. The predicted octanol–water partition coefficient (Wildman–Crippen LogP) is 2.16. The zero-order chi connectivity index (χ0) is 14.9. The van der Waals surface area contributed by atoms with E-state index in [2.05, 4.69) is 16.7 Å². The van der Waals surface area contributed by atoms with E-state index in [1.807, 2.05) is 18.2 Å². The maximum Gasteiger partial charge on any atom is 0.221 e. The van der Waals surface area contributed by atoms with Crippen molar-refractivity contribution in [1.29, 1.82) is 0 Å². The molecule has 1 aromatic rings. The summed E-state index contributed by atoms with van der Waals surface area (Å²) in [6, 6.07) is 7.85. The number of benzene rings is 1. The van der Waals surface area contributed by atoms with Crippen molar-refractivity contribution in [3.8, 4) is 0 Å². The summed E-state index contributed by atoms with van der Waals surface area (Å²) in [4.78, 5) is 11.7. The molecule has 1 amide bonds. The molecule has 4 nitrogen and oxygen atoms in total. The van der Waals surface area contributed by atoms with Gasteiger partial charge in [-0.15, -0.1) is 0 Å². The number of halogens is 1. The predicted molar refractivity (Wildman–Crippen MR) is 84.6 cm³/mol. The number of carbonyl (C=O) groups excluding carboxylic acids is 1. The molecular weight excluding hydrogens is 288 g/mol. The van der Waals surface area contributed by atoms with Gasteiger partial charge in [-0.2, -0.15) is 0 Å². The van der Waals surface area contributed by atoms with Crippen LogP contribution in [0.25, 0.3) is 0 Å². The standard InChI is InChI=1S/C16H23ClN2O2/c17-14-4-1-3-13(11-14)6-8-18-9-7-16(20)19-12-15-5-2-10-21-15/h1,3-4,11,15,18H,2,5-10,12H2,(H,19,20). The molecule has 2 rings (SSSR count). The van der Waals surface area contributed by atoms with Gasteiger partial charge in [0, 0.05) is 31.1 Å². The van der Waals surface area contributed by atoms with E-state index in [0.717, 1.165) is 37.4 Å². The average Bonchev–Trinajstić information content (AvgIpc) is 2.98. The normalized spacial score (nSPS) is 17.9. The lowest BCUT2D eigenvalue weighted by Crippen LogP contribution is -2.33. The summed E-state index contributed by atoms with van der Waals surface area (Å²) in [5.41, 5.74) is 1.21. The van der Waals surface area contributed by atoms with Gasteiger partial charge in [0.25, 0.3) is 0 Å². The van der Waals surface area contributed by atoms with Gasteiger partial charge in [0.1, 0.15) is 0 Å². The van der Waals surface area contributed by atoms with Crippen molar-refractivity contribution in [2.75, 3.05) is 26.2 Å². The molecule has 0 bridgehead atoms. The smallest absolute Gasteiger partial charge is 0.221 e. The van der Waals surface area contributed by atoms with Gasteiger partial charge in [-0.05, 0) is 43.5 Å². The molecule has 1 aromatic carbocycles. The van der Waals surface area contributed by atoms with Crippen molar-refractivity contribution < 1.29 is 9.53 Å². The topological polar surface area (TPSA) is 50.4 Å². The Hall–Kier alpha value is -1.10. The van der Waals surface area contributed by atoms with Gasteiger partial charge in [-0.1, -0.05) is 23.7 Å². The maximum absolute atomic E-state index is 11.7. The van der Waals surface area contributed by atoms with Gasteiger partial charge in [-0.25, -0.2) is 0 Å². The number of hydrogen-bond donors (Lipinski definition) is 2. The molecule has 0 radical (unpaired) electrons. The SMILES string of the molecule is O=C(CCNCCc1cccc(Cl)c1)NCC1CCCO1. The minimum Gasteiger partial charge on any atom is -0.376 e. The number of ether oxygens (including phenoxy) is 1. The van der Waals surface area contributed by atoms with Gasteiger partial charge >= 0.3 is 0 Å². The van der Waals surface area contributed by atoms with E-state index in [4.69, 9.17) is 16.3 Å². The number of amides is 1. The summed E-state index contributed by atoms with van der Waals surface area (Å²) in [6.07, 6.45) is 3.79. The second-order valence-corrected chi connectivity index (χ2v) is 5.76. The molecule has 1 aliphatic heterocycles. The minimum atomic E-state index is 0.0840. The van der Waals surface area contributed by atoms with Crippen molar-refractivity contribution in [3.63, 3.8) is 0 Å². The van der Waals surface area contributed by atoms with Crippen molar-refractivity contribution >= 4 is 17.5 Å². The molecule has 1 saturated heterocycles. The van der Waals surface area contributed by atoms with Crippen LogP contribution in [0.4, 0.5) is 0 Å². The highest BCUT2D eigenvalue weighted by Crippen LogP contribution is 2.11. The van der Waals surface area contributed by atoms with Crippen LogP contribution in [0.5, 0.6) is 0 Å². The molecule has 5 heteroatoms. The van der Waals surface area contributed by atoms with Gasteiger partial charge in [-0.3, -0.25) is 4.79 Å². The third-order valence-electron chi connectivity index (χ3n) is 3.56. The summed E-state index contributed by atoms with van der Waals surface area (Å²) in [7, 11) is 0. The molecule has 0 saturated carbocycles. The summed E-state index contributed by atoms with van der Waals surface area (Å²) in [5, 5.41) is 6.96. The fourth-order valence-electron chi connectivity index (χ4n) is 2.37. The van der Waals surface area contributed by atoms with Crippen LogP contribution in [0.2, 0.25) is 5.02 Å². The maximum atomic E-state index is 11.7. The summed E-state index contributed by atoms with van der Waals surface area (Å²) in [6.45, 7) is 3.00. The van der Waals surface area contributed by atoms with Crippen LogP contribution >= 0.6 is 11.6 Å². The third kappa shape index (κ3) is 6.46. The molecule has 0 aliphatic carbocycles. The fourth-order valence-corrected chi connectivity index (χ4v) is 2.59. The van der Waals surface area contributed by atoms with E-state index in [-0.39, 0.29) is 12.0 Å². The highest BCUT2D eigenvalue weighted by molar-refractivity contribution is 6.30. The van der Waals surface area contributed by atoms with Crippen LogP contribution in [0, 0.1) is 0 Å². The Labute approximate surface area is 131 Å². The lowest BCUT2D eigenvalue weighted by molar-refractivity contribution is -0.121. The Bertz CT molecular complexity index is 448. The Morgan fingerprint density at radius 2 is 2.29 bits per heavy atom. The van der Waals surface area contributed by atoms with Crippen LogP contribution in [0.3, 0.4) is 0 Å². The Morgan fingerprint density at radius 3 is 3.05 bits per heavy atom. The van der Waals surface area contributed by atoms with Gasteiger partial charge in [0.15, 0.2) is 0 Å². The van der Waals surface area contributed by atoms with Crippen LogP contribution in [0.1, 0.15) is 24.8 Å². The van der Waals surface area contributed by atoms with E-state index < -0.39 is 0 Å². The lowest BCUT2D eigenvalue weighted by Gasteiger charge is -2.11. The van der Waals surface area contributed by atoms with Crippen molar-refractivity contribution in [1.82, 2.24) is 10.6 Å². The molecule has 1 unspecified atom stereocenters. The van der Waals surface area contributed by atoms with Crippen LogP contribution in [-0.4, -0.2) is 38.3 Å². The van der Waals surface area contributed by atoms with E-state index in [1.54, 1.807) is 0 Å². The Balaban J connectivity index is 1.50. The molecule has 1 aliphatic rings. The van der Waals surface area contributed by atoms with Crippen LogP contribution in [-0.2, 0) is 16.0 Å². The zero-order valence-corrected chi connectivity index (χ0v) is 13.0. The molecule has 1 fully saturated rings. The molecule has 116 valence electrons. The monoisotopic (exact) mass is 310 g/mol. The average molecular weight is 311 g/mol. The fraction of sp³-hybridized carbons (Fsp3) is 0.562. The van der Waals surface area contributed by atoms with Crippen LogP contribution in [0.15, 0.2) is 24.3 Å². The zero-order valence-electron chi connectivity index (χ0n) is 12.2. The number of carbonyl (C=O) groups is 1. The molecular formula is C16H23ClN2O2. The van der Waals surface area contributed by atoms with E-state index in [1.165, 1.54) is 5.56 Å². The van der Waals surface area contributed by atoms with Crippen molar-refractivity contribution in [2.45, 2.75) is 31.8 Å². The summed E-state index contributed by atoms with van der Waals surface area (Å²) >= 11 is 5.93. The Morgan fingerprint density at radius 1 is 1.38 bits per heavy atom. The van der Waals surface area contributed by atoms with Crippen molar-refractivity contribution in [3.05, 3.63) is 34.9 Å².